The molecule has 0 aliphatic carbocycles. The van der Waals surface area contributed by atoms with E-state index >= 15 is 0 Å². The summed E-state index contributed by atoms with van der Waals surface area (Å²) in [5.41, 5.74) is 1.34. The summed E-state index contributed by atoms with van der Waals surface area (Å²) >= 11 is 0. The minimum absolute atomic E-state index is 0.118. The van der Waals surface area contributed by atoms with E-state index in [0.29, 0.717) is 78.5 Å². The molecular weight excluding hydrogens is 606 g/mol. The Bertz CT molecular complexity index is 1630. The number of fused-ring (bicyclic) bond motifs is 1. The highest BCUT2D eigenvalue weighted by Gasteiger charge is 2.22. The van der Waals surface area contributed by atoms with Gasteiger partial charge in [0, 0.05) is 26.8 Å². The van der Waals surface area contributed by atoms with Gasteiger partial charge in [-0.1, -0.05) is 12.1 Å². The first-order valence-corrected chi connectivity index (χ1v) is 15.2. The molecule has 4 rings (SSSR count). The molecule has 0 fully saturated rings. The number of carbonyl (C=O) groups is 2. The van der Waals surface area contributed by atoms with Gasteiger partial charge in [-0.2, -0.15) is 0 Å². The largest absolute Gasteiger partial charge is 0.487 e. The number of anilines is 2. The van der Waals surface area contributed by atoms with Gasteiger partial charge in [-0.15, -0.1) is 0 Å². The number of hydrogen-bond acceptors (Lipinski definition) is 11. The lowest BCUT2D eigenvalue weighted by Gasteiger charge is -2.26. The van der Waals surface area contributed by atoms with Crippen molar-refractivity contribution in [2.75, 3.05) is 57.4 Å². The van der Waals surface area contributed by atoms with Crippen LogP contribution in [0.15, 0.2) is 61.1 Å². The number of hydrogen-bond donors (Lipinski definition) is 1. The van der Waals surface area contributed by atoms with Crippen LogP contribution < -0.4 is 24.4 Å². The Morgan fingerprint density at radius 1 is 0.851 bits per heavy atom. The molecule has 0 spiro atoms. The maximum Gasteiger partial charge on any atom is 0.414 e. The van der Waals surface area contributed by atoms with Crippen LogP contribution in [0.25, 0.3) is 10.9 Å². The molecule has 0 radical (unpaired) electrons. The van der Waals surface area contributed by atoms with Crippen LogP contribution in [0.5, 0.6) is 23.1 Å². The number of nitrogens with zero attached hydrogens (tertiary/aromatic N) is 4. The molecule has 1 N–H and O–H groups in total. The fourth-order valence-electron chi connectivity index (χ4n) is 4.33. The Hall–Kier alpha value is -5.01. The van der Waals surface area contributed by atoms with Crippen molar-refractivity contribution in [3.63, 3.8) is 0 Å². The fraction of sp³-hybridized carbons (Fsp3) is 0.382. The van der Waals surface area contributed by atoms with Gasteiger partial charge in [-0.25, -0.2) is 19.7 Å². The minimum Gasteiger partial charge on any atom is -0.487 e. The number of rotatable bonds is 15. The van der Waals surface area contributed by atoms with Crippen LogP contribution in [-0.2, 0) is 25.4 Å². The summed E-state index contributed by atoms with van der Waals surface area (Å²) in [6, 6.07) is 14.0. The van der Waals surface area contributed by atoms with Crippen LogP contribution in [0.1, 0.15) is 33.3 Å². The summed E-state index contributed by atoms with van der Waals surface area (Å²) in [6.45, 7) is 9.19. The van der Waals surface area contributed by atoms with E-state index < -0.39 is 11.7 Å². The second-order valence-electron chi connectivity index (χ2n) is 11.3. The van der Waals surface area contributed by atoms with Gasteiger partial charge in [0.15, 0.2) is 11.5 Å². The lowest BCUT2D eigenvalue weighted by atomic mass is 10.1. The van der Waals surface area contributed by atoms with Gasteiger partial charge < -0.3 is 33.7 Å². The van der Waals surface area contributed by atoms with Crippen molar-refractivity contribution in [2.24, 2.45) is 0 Å². The second-order valence-corrected chi connectivity index (χ2v) is 11.3. The van der Waals surface area contributed by atoms with Crippen LogP contribution in [0, 0.1) is 0 Å². The number of ether oxygens (including phenoxy) is 6. The smallest absolute Gasteiger partial charge is 0.414 e. The van der Waals surface area contributed by atoms with Crippen LogP contribution >= 0.6 is 0 Å². The quantitative estimate of drug-likeness (QED) is 0.156. The molecule has 0 saturated carbocycles. The Morgan fingerprint density at radius 2 is 1.53 bits per heavy atom. The molecule has 47 heavy (non-hydrogen) atoms. The average Bonchev–Trinajstić information content (AvgIpc) is 3.03. The van der Waals surface area contributed by atoms with E-state index in [2.05, 4.69) is 20.3 Å². The van der Waals surface area contributed by atoms with Gasteiger partial charge in [0.05, 0.1) is 42.4 Å². The minimum atomic E-state index is -0.617. The molecule has 250 valence electrons. The van der Waals surface area contributed by atoms with Crippen molar-refractivity contribution in [1.82, 2.24) is 15.0 Å². The molecule has 0 unspecified atom stereocenters. The number of pyridine rings is 1. The molecular formula is C34H41N5O8. The van der Waals surface area contributed by atoms with Crippen molar-refractivity contribution in [3.8, 4) is 23.1 Å². The zero-order valence-electron chi connectivity index (χ0n) is 27.6. The first-order valence-electron chi connectivity index (χ1n) is 15.2. The normalized spacial score (nSPS) is 11.2. The maximum absolute atomic E-state index is 12.8. The molecule has 2 aromatic carbocycles. The maximum atomic E-state index is 12.8. The van der Waals surface area contributed by atoms with E-state index in [4.69, 9.17) is 28.4 Å². The van der Waals surface area contributed by atoms with Gasteiger partial charge >= 0.3 is 6.09 Å². The van der Waals surface area contributed by atoms with Crippen LogP contribution in [0.4, 0.5) is 16.3 Å². The lowest BCUT2D eigenvalue weighted by Crippen LogP contribution is -2.36. The van der Waals surface area contributed by atoms with Gasteiger partial charge in [-0.05, 0) is 63.6 Å². The topological polar surface area (TPSA) is 143 Å². The number of amides is 2. The fourth-order valence-corrected chi connectivity index (χ4v) is 4.33. The molecule has 13 heteroatoms. The molecule has 13 nitrogen and oxygen atoms in total. The average molecular weight is 648 g/mol. The Kier molecular flexibility index (Phi) is 12.3. The van der Waals surface area contributed by atoms with E-state index in [1.807, 2.05) is 27.7 Å². The molecule has 0 atom stereocenters. The molecule has 4 aromatic rings. The van der Waals surface area contributed by atoms with E-state index in [1.54, 1.807) is 62.8 Å². The Labute approximate surface area is 274 Å². The lowest BCUT2D eigenvalue weighted by molar-refractivity contribution is -0.115. The summed E-state index contributed by atoms with van der Waals surface area (Å²) in [5.74, 6) is 2.01. The molecule has 2 amide bonds. The summed E-state index contributed by atoms with van der Waals surface area (Å²) in [4.78, 5) is 39.8. The van der Waals surface area contributed by atoms with E-state index in [9.17, 15) is 9.59 Å². The van der Waals surface area contributed by atoms with Crippen molar-refractivity contribution >= 4 is 34.4 Å². The molecule has 0 aliphatic rings. The summed E-state index contributed by atoms with van der Waals surface area (Å²) in [7, 11) is 3.21. The number of aromatic nitrogens is 3. The van der Waals surface area contributed by atoms with E-state index in [-0.39, 0.29) is 12.3 Å². The van der Waals surface area contributed by atoms with Crippen molar-refractivity contribution < 1.29 is 38.0 Å². The Balaban J connectivity index is 1.40. The molecule has 0 bridgehead atoms. The van der Waals surface area contributed by atoms with Gasteiger partial charge in [0.1, 0.15) is 36.7 Å². The first kappa shape index (κ1) is 34.9. The molecule has 2 heterocycles. The summed E-state index contributed by atoms with van der Waals surface area (Å²) in [6.07, 6.45) is 2.59. The van der Waals surface area contributed by atoms with Gasteiger partial charge in [0.2, 0.25) is 11.8 Å². The molecule has 0 saturated heterocycles. The van der Waals surface area contributed by atoms with Crippen molar-refractivity contribution in [3.05, 3.63) is 66.6 Å². The highest BCUT2D eigenvalue weighted by molar-refractivity contribution is 5.92. The van der Waals surface area contributed by atoms with Crippen LogP contribution in [-0.4, -0.2) is 79.7 Å². The summed E-state index contributed by atoms with van der Waals surface area (Å²) < 4.78 is 33.5. The Morgan fingerprint density at radius 3 is 2.13 bits per heavy atom. The standard InChI is InChI=1S/C34H41N5O8/c1-7-39(33(41)47-34(2,3)4)24-10-13-30(35-21-24)38-31(40)18-23-8-11-25(12-9-23)46-32-26-19-28(44-16-14-42-5)29(45-17-15-43-6)20-27(26)36-22-37-32/h8-13,19-22H,7,14-18H2,1-6H3,(H,35,38,40). The van der Waals surface area contributed by atoms with Crippen LogP contribution in [0.3, 0.4) is 0 Å². The zero-order chi connectivity index (χ0) is 33.8. The number of methoxy groups -OCH3 is 2. The van der Waals surface area contributed by atoms with Gasteiger partial charge in [0.25, 0.3) is 0 Å². The molecule has 0 aliphatic heterocycles. The second kappa shape index (κ2) is 16.5. The number of carbonyl (C=O) groups excluding carboxylic acids is 2. The number of nitrogens with one attached hydrogen (secondary N) is 1. The van der Waals surface area contributed by atoms with Crippen LogP contribution in [0.2, 0.25) is 0 Å². The van der Waals surface area contributed by atoms with Gasteiger partial charge in [-0.3, -0.25) is 9.69 Å². The third-order valence-corrected chi connectivity index (χ3v) is 6.51. The SMILES string of the molecule is CCN(C(=O)OC(C)(C)C)c1ccc(NC(=O)Cc2ccc(Oc3ncnc4cc(OCCOC)c(OCCOC)cc34)cc2)nc1. The number of benzene rings is 2. The third-order valence-electron chi connectivity index (χ3n) is 6.51. The predicted octanol–water partition coefficient (Wildman–Crippen LogP) is 5.81. The highest BCUT2D eigenvalue weighted by atomic mass is 16.6. The van der Waals surface area contributed by atoms with Crippen molar-refractivity contribution in [1.29, 1.82) is 0 Å². The van der Waals surface area contributed by atoms with E-state index in [0.717, 1.165) is 5.56 Å². The third kappa shape index (κ3) is 10.2. The first-order chi connectivity index (χ1) is 22.6. The highest BCUT2D eigenvalue weighted by Crippen LogP contribution is 2.36. The van der Waals surface area contributed by atoms with Crippen molar-refractivity contribution in [2.45, 2.75) is 39.7 Å². The molecule has 2 aromatic heterocycles. The summed E-state index contributed by atoms with van der Waals surface area (Å²) in [5, 5.41) is 3.42. The zero-order valence-corrected chi connectivity index (χ0v) is 27.6. The predicted molar refractivity (Wildman–Crippen MR) is 177 cm³/mol. The van der Waals surface area contributed by atoms with E-state index in [1.165, 1.54) is 17.4 Å². The monoisotopic (exact) mass is 647 g/mol.